The van der Waals surface area contributed by atoms with Crippen molar-refractivity contribution in [2.75, 3.05) is 26.7 Å². The molecule has 1 aliphatic carbocycles. The van der Waals surface area contributed by atoms with Gasteiger partial charge in [0, 0.05) is 20.1 Å². The number of hydrogen-bond donors (Lipinski definition) is 1. The topological polar surface area (TPSA) is 32.3 Å². The van der Waals surface area contributed by atoms with Gasteiger partial charge in [0.1, 0.15) is 0 Å². The average Bonchev–Trinajstić information content (AvgIpc) is 2.34. The van der Waals surface area contributed by atoms with Crippen LogP contribution in [0.15, 0.2) is 0 Å². The third kappa shape index (κ3) is 2.87. The van der Waals surface area contributed by atoms with Crippen LogP contribution in [0.5, 0.6) is 0 Å². The molecule has 104 valence electrons. The van der Waals surface area contributed by atoms with Gasteiger partial charge in [0.2, 0.25) is 5.91 Å². The average molecular weight is 252 g/mol. The van der Waals surface area contributed by atoms with Gasteiger partial charge in [0.05, 0.1) is 5.41 Å². The van der Waals surface area contributed by atoms with Crippen molar-refractivity contribution in [1.82, 2.24) is 10.2 Å². The summed E-state index contributed by atoms with van der Waals surface area (Å²) in [5.41, 5.74) is -0.106. The van der Waals surface area contributed by atoms with E-state index in [0.29, 0.717) is 5.91 Å². The lowest BCUT2D eigenvalue weighted by atomic mass is 9.75. The molecule has 3 nitrogen and oxygen atoms in total. The second-order valence-electron chi connectivity index (χ2n) is 6.29. The van der Waals surface area contributed by atoms with Crippen LogP contribution < -0.4 is 5.32 Å². The van der Waals surface area contributed by atoms with Crippen LogP contribution in [0.1, 0.15) is 51.9 Å². The van der Waals surface area contributed by atoms with Crippen LogP contribution in [-0.2, 0) is 4.79 Å². The molecular weight excluding hydrogens is 224 g/mol. The van der Waals surface area contributed by atoms with E-state index in [9.17, 15) is 4.79 Å². The van der Waals surface area contributed by atoms with Crippen LogP contribution in [0.4, 0.5) is 0 Å². The Labute approximate surface area is 111 Å². The van der Waals surface area contributed by atoms with Crippen LogP contribution in [0.2, 0.25) is 0 Å². The largest absolute Gasteiger partial charge is 0.345 e. The summed E-state index contributed by atoms with van der Waals surface area (Å²) in [6.45, 7) is 5.12. The third-order valence-corrected chi connectivity index (χ3v) is 4.76. The molecule has 1 aliphatic heterocycles. The Morgan fingerprint density at radius 3 is 2.67 bits per heavy atom. The molecule has 0 aromatic heterocycles. The zero-order valence-electron chi connectivity index (χ0n) is 12.0. The van der Waals surface area contributed by atoms with E-state index in [2.05, 4.69) is 12.2 Å². The molecule has 2 rings (SSSR count). The number of hydrogen-bond acceptors (Lipinski definition) is 2. The summed E-state index contributed by atoms with van der Waals surface area (Å²) in [5.74, 6) is 1.16. The Balaban J connectivity index is 1.97. The Morgan fingerprint density at radius 2 is 2.17 bits per heavy atom. The monoisotopic (exact) mass is 252 g/mol. The molecule has 0 aromatic carbocycles. The van der Waals surface area contributed by atoms with Gasteiger partial charge >= 0.3 is 0 Å². The predicted molar refractivity (Wildman–Crippen MR) is 74.4 cm³/mol. The first-order valence-corrected chi connectivity index (χ1v) is 7.64. The maximum atomic E-state index is 12.8. The molecule has 1 amide bonds. The van der Waals surface area contributed by atoms with E-state index < -0.39 is 0 Å². The SMILES string of the molecule is CCCC1(C(=O)N(C)CC2CCC2)CCCNC1. The molecule has 2 aliphatic rings. The fourth-order valence-corrected chi connectivity index (χ4v) is 3.50. The van der Waals surface area contributed by atoms with Crippen molar-refractivity contribution >= 4 is 5.91 Å². The van der Waals surface area contributed by atoms with E-state index in [0.717, 1.165) is 51.2 Å². The first kappa shape index (κ1) is 13.9. The zero-order chi connectivity index (χ0) is 13.0. The fourth-order valence-electron chi connectivity index (χ4n) is 3.50. The van der Waals surface area contributed by atoms with Crippen molar-refractivity contribution in [3.05, 3.63) is 0 Å². The van der Waals surface area contributed by atoms with E-state index in [1.807, 2.05) is 11.9 Å². The highest BCUT2D eigenvalue weighted by atomic mass is 16.2. The zero-order valence-corrected chi connectivity index (χ0v) is 12.0. The summed E-state index contributed by atoms with van der Waals surface area (Å²) >= 11 is 0. The van der Waals surface area contributed by atoms with Crippen LogP contribution in [-0.4, -0.2) is 37.5 Å². The van der Waals surface area contributed by atoms with Crippen molar-refractivity contribution in [3.8, 4) is 0 Å². The lowest BCUT2D eigenvalue weighted by Crippen LogP contribution is -2.52. The van der Waals surface area contributed by atoms with Crippen molar-refractivity contribution in [3.63, 3.8) is 0 Å². The molecule has 18 heavy (non-hydrogen) atoms. The van der Waals surface area contributed by atoms with Gasteiger partial charge in [-0.2, -0.15) is 0 Å². The van der Waals surface area contributed by atoms with Crippen molar-refractivity contribution < 1.29 is 4.79 Å². The van der Waals surface area contributed by atoms with E-state index in [1.165, 1.54) is 19.3 Å². The predicted octanol–water partition coefficient (Wildman–Crippen LogP) is 2.41. The Morgan fingerprint density at radius 1 is 1.39 bits per heavy atom. The number of carbonyl (C=O) groups is 1. The Kier molecular flexibility index (Phi) is 4.66. The fraction of sp³-hybridized carbons (Fsp3) is 0.933. The molecule has 3 heteroatoms. The van der Waals surface area contributed by atoms with Crippen molar-refractivity contribution in [2.24, 2.45) is 11.3 Å². The Bertz CT molecular complexity index is 275. The quantitative estimate of drug-likeness (QED) is 0.815. The molecular formula is C15H28N2O. The van der Waals surface area contributed by atoms with Gasteiger partial charge in [-0.1, -0.05) is 19.8 Å². The Hall–Kier alpha value is -0.570. The summed E-state index contributed by atoms with van der Waals surface area (Å²) in [4.78, 5) is 14.8. The maximum absolute atomic E-state index is 12.8. The van der Waals surface area contributed by atoms with Gasteiger partial charge < -0.3 is 10.2 Å². The summed E-state index contributed by atoms with van der Waals surface area (Å²) in [6.07, 6.45) is 8.34. The molecule has 1 saturated heterocycles. The molecule has 0 aromatic rings. The number of nitrogens with one attached hydrogen (secondary N) is 1. The highest BCUT2D eigenvalue weighted by molar-refractivity contribution is 5.83. The third-order valence-electron chi connectivity index (χ3n) is 4.76. The number of nitrogens with zero attached hydrogens (tertiary/aromatic N) is 1. The lowest BCUT2D eigenvalue weighted by molar-refractivity contribution is -0.143. The lowest BCUT2D eigenvalue weighted by Gasteiger charge is -2.40. The molecule has 1 heterocycles. The van der Waals surface area contributed by atoms with Gasteiger partial charge in [-0.15, -0.1) is 0 Å². The number of amides is 1. The normalized spacial score (nSPS) is 28.8. The number of rotatable bonds is 5. The minimum Gasteiger partial charge on any atom is -0.345 e. The first-order chi connectivity index (χ1) is 8.68. The standard InChI is InChI=1S/C15H28N2O/c1-3-8-15(9-5-10-16-12-15)14(18)17(2)11-13-6-4-7-13/h13,16H,3-12H2,1-2H3. The van der Waals surface area contributed by atoms with Crippen LogP contribution in [0.3, 0.4) is 0 Å². The van der Waals surface area contributed by atoms with E-state index in [1.54, 1.807) is 0 Å². The second kappa shape index (κ2) is 6.05. The van der Waals surface area contributed by atoms with Crippen LogP contribution in [0.25, 0.3) is 0 Å². The smallest absolute Gasteiger partial charge is 0.229 e. The number of piperidine rings is 1. The molecule has 0 spiro atoms. The highest BCUT2D eigenvalue weighted by Crippen LogP contribution is 2.35. The highest BCUT2D eigenvalue weighted by Gasteiger charge is 2.40. The summed E-state index contributed by atoms with van der Waals surface area (Å²) < 4.78 is 0. The molecule has 1 atom stereocenters. The summed E-state index contributed by atoms with van der Waals surface area (Å²) in [6, 6.07) is 0. The van der Waals surface area contributed by atoms with Gasteiger partial charge in [-0.05, 0) is 44.6 Å². The molecule has 1 N–H and O–H groups in total. The van der Waals surface area contributed by atoms with Gasteiger partial charge in [0.25, 0.3) is 0 Å². The van der Waals surface area contributed by atoms with Crippen molar-refractivity contribution in [1.29, 1.82) is 0 Å². The van der Waals surface area contributed by atoms with E-state index >= 15 is 0 Å². The minimum absolute atomic E-state index is 0.106. The van der Waals surface area contributed by atoms with E-state index in [-0.39, 0.29) is 5.41 Å². The van der Waals surface area contributed by atoms with E-state index in [4.69, 9.17) is 0 Å². The minimum atomic E-state index is -0.106. The molecule has 0 bridgehead atoms. The summed E-state index contributed by atoms with van der Waals surface area (Å²) in [7, 11) is 2.01. The molecule has 1 saturated carbocycles. The van der Waals surface area contributed by atoms with Gasteiger partial charge in [-0.25, -0.2) is 0 Å². The maximum Gasteiger partial charge on any atom is 0.229 e. The number of carbonyl (C=O) groups excluding carboxylic acids is 1. The summed E-state index contributed by atoms with van der Waals surface area (Å²) in [5, 5.41) is 3.43. The first-order valence-electron chi connectivity index (χ1n) is 7.64. The second-order valence-corrected chi connectivity index (χ2v) is 6.29. The van der Waals surface area contributed by atoms with Crippen LogP contribution >= 0.6 is 0 Å². The van der Waals surface area contributed by atoms with Gasteiger partial charge in [0.15, 0.2) is 0 Å². The molecule has 1 unspecified atom stereocenters. The van der Waals surface area contributed by atoms with Gasteiger partial charge in [-0.3, -0.25) is 4.79 Å². The molecule has 0 radical (unpaired) electrons. The molecule has 2 fully saturated rings. The van der Waals surface area contributed by atoms with Crippen molar-refractivity contribution in [2.45, 2.75) is 51.9 Å². The van der Waals surface area contributed by atoms with Crippen LogP contribution in [0, 0.1) is 11.3 Å².